The molecule has 0 fully saturated rings. The van der Waals surface area contributed by atoms with Crippen LogP contribution in [0, 0.1) is 5.41 Å². The van der Waals surface area contributed by atoms with Gasteiger partial charge in [0.05, 0.1) is 16.4 Å². The zero-order valence-corrected chi connectivity index (χ0v) is 21.6. The van der Waals surface area contributed by atoms with E-state index in [1.165, 1.54) is 0 Å². The molecule has 1 atom stereocenters. The van der Waals surface area contributed by atoms with Gasteiger partial charge in [0, 0.05) is 26.2 Å². The molecule has 1 aromatic heterocycles. The van der Waals surface area contributed by atoms with Crippen LogP contribution in [-0.4, -0.2) is 9.55 Å². The fourth-order valence-corrected chi connectivity index (χ4v) is 4.58. The fourth-order valence-electron chi connectivity index (χ4n) is 3.78. The van der Waals surface area contributed by atoms with Gasteiger partial charge in [0.15, 0.2) is 0 Å². The van der Waals surface area contributed by atoms with Crippen LogP contribution in [0.1, 0.15) is 57.6 Å². The van der Waals surface area contributed by atoms with Crippen LogP contribution in [0.4, 0.5) is 0 Å². The van der Waals surface area contributed by atoms with Crippen molar-refractivity contribution in [2.45, 2.75) is 46.8 Å². The summed E-state index contributed by atoms with van der Waals surface area (Å²) in [6.45, 7) is 8.59. The van der Waals surface area contributed by atoms with Crippen LogP contribution in [0.25, 0.3) is 11.3 Å². The molecular formula is C25H26BrCl2N3O. The highest BCUT2D eigenvalue weighted by atomic mass is 79.9. The van der Waals surface area contributed by atoms with E-state index in [0.29, 0.717) is 16.5 Å². The highest BCUT2D eigenvalue weighted by Crippen LogP contribution is 2.38. The number of hydrogen-bond acceptors (Lipinski definition) is 3. The van der Waals surface area contributed by atoms with Crippen LogP contribution in [0.2, 0.25) is 0 Å². The SMILES string of the molecule is CCc1c(C2NC(C(C)(C)C)=CO2)nc(C2=CCC=C(Cl)C=C2Cl)n1-c1ccc(Br)cc1. The van der Waals surface area contributed by atoms with Crippen LogP contribution in [0.15, 0.2) is 69.0 Å². The van der Waals surface area contributed by atoms with Crippen molar-refractivity contribution in [3.8, 4) is 5.69 Å². The number of aromatic nitrogens is 2. The minimum Gasteiger partial charge on any atom is -0.471 e. The van der Waals surface area contributed by atoms with Gasteiger partial charge in [-0.1, -0.05) is 79.0 Å². The van der Waals surface area contributed by atoms with Gasteiger partial charge in [0.1, 0.15) is 17.8 Å². The van der Waals surface area contributed by atoms with Crippen LogP contribution in [0.5, 0.6) is 0 Å². The lowest BCUT2D eigenvalue weighted by Crippen LogP contribution is -2.24. The Bertz CT molecular complexity index is 1150. The van der Waals surface area contributed by atoms with Crippen molar-refractivity contribution in [3.63, 3.8) is 0 Å². The molecule has 1 aromatic carbocycles. The summed E-state index contributed by atoms with van der Waals surface area (Å²) in [5, 5.41) is 4.70. The summed E-state index contributed by atoms with van der Waals surface area (Å²) >= 11 is 16.5. The minimum absolute atomic E-state index is 0.0451. The summed E-state index contributed by atoms with van der Waals surface area (Å²) in [6.07, 6.45) is 8.69. The maximum absolute atomic E-state index is 6.70. The molecule has 0 radical (unpaired) electrons. The molecule has 2 aromatic rings. The molecule has 168 valence electrons. The van der Waals surface area contributed by atoms with Gasteiger partial charge in [-0.3, -0.25) is 4.57 Å². The predicted molar refractivity (Wildman–Crippen MR) is 136 cm³/mol. The smallest absolute Gasteiger partial charge is 0.214 e. The molecule has 0 spiro atoms. The number of halogens is 3. The van der Waals surface area contributed by atoms with E-state index in [9.17, 15) is 0 Å². The van der Waals surface area contributed by atoms with Crippen LogP contribution < -0.4 is 5.32 Å². The van der Waals surface area contributed by atoms with E-state index in [1.807, 2.05) is 24.5 Å². The first-order valence-electron chi connectivity index (χ1n) is 10.6. The van der Waals surface area contributed by atoms with E-state index in [-0.39, 0.29) is 11.6 Å². The molecule has 32 heavy (non-hydrogen) atoms. The molecule has 7 heteroatoms. The first-order valence-corrected chi connectivity index (χ1v) is 12.2. The number of ether oxygens (including phenoxy) is 1. The lowest BCUT2D eigenvalue weighted by Gasteiger charge is -2.21. The van der Waals surface area contributed by atoms with Crippen molar-refractivity contribution in [1.29, 1.82) is 0 Å². The number of allylic oxidation sites excluding steroid dienone is 7. The topological polar surface area (TPSA) is 39.1 Å². The van der Waals surface area contributed by atoms with E-state index in [2.05, 4.69) is 71.7 Å². The van der Waals surface area contributed by atoms with Crippen LogP contribution in [0.3, 0.4) is 0 Å². The Balaban J connectivity index is 1.87. The van der Waals surface area contributed by atoms with E-state index in [0.717, 1.165) is 45.1 Å². The second-order valence-electron chi connectivity index (χ2n) is 8.81. The molecule has 0 saturated carbocycles. The molecular weight excluding hydrogens is 509 g/mol. The normalized spacial score (nSPS) is 18.8. The Morgan fingerprint density at radius 2 is 1.91 bits per heavy atom. The zero-order chi connectivity index (χ0) is 23.0. The first-order chi connectivity index (χ1) is 15.2. The van der Waals surface area contributed by atoms with Gasteiger partial charge in [-0.15, -0.1) is 0 Å². The van der Waals surface area contributed by atoms with Gasteiger partial charge in [-0.25, -0.2) is 4.98 Å². The third-order valence-corrected chi connectivity index (χ3v) is 6.59. The lowest BCUT2D eigenvalue weighted by molar-refractivity contribution is 0.148. The summed E-state index contributed by atoms with van der Waals surface area (Å²) in [5.41, 5.74) is 4.79. The number of hydrogen-bond donors (Lipinski definition) is 1. The lowest BCUT2D eigenvalue weighted by atomic mass is 9.93. The van der Waals surface area contributed by atoms with Crippen molar-refractivity contribution in [3.05, 3.63) is 86.2 Å². The fraction of sp³-hybridized carbons (Fsp3) is 0.320. The molecule has 4 rings (SSSR count). The largest absolute Gasteiger partial charge is 0.471 e. The average molecular weight is 535 g/mol. The third kappa shape index (κ3) is 4.57. The summed E-state index contributed by atoms with van der Waals surface area (Å²) in [7, 11) is 0. The highest BCUT2D eigenvalue weighted by Gasteiger charge is 2.32. The maximum atomic E-state index is 6.70. The number of benzene rings is 1. The Morgan fingerprint density at radius 3 is 2.53 bits per heavy atom. The third-order valence-electron chi connectivity index (χ3n) is 5.49. The summed E-state index contributed by atoms with van der Waals surface area (Å²) in [4.78, 5) is 5.09. The molecule has 1 unspecified atom stereocenters. The molecule has 1 aliphatic heterocycles. The van der Waals surface area contributed by atoms with Crippen molar-refractivity contribution < 1.29 is 4.74 Å². The van der Waals surface area contributed by atoms with E-state index in [4.69, 9.17) is 32.9 Å². The van der Waals surface area contributed by atoms with Gasteiger partial charge < -0.3 is 10.1 Å². The molecule has 1 aliphatic carbocycles. The molecule has 2 heterocycles. The zero-order valence-electron chi connectivity index (χ0n) is 18.5. The number of nitrogens with zero attached hydrogens (tertiary/aromatic N) is 2. The van der Waals surface area contributed by atoms with Gasteiger partial charge in [-0.05, 0) is 43.2 Å². The molecule has 0 amide bonds. The van der Waals surface area contributed by atoms with Crippen molar-refractivity contribution >= 4 is 44.7 Å². The number of rotatable bonds is 4. The minimum atomic E-state index is -0.356. The van der Waals surface area contributed by atoms with Gasteiger partial charge in [-0.2, -0.15) is 0 Å². The second kappa shape index (κ2) is 9.12. The second-order valence-corrected chi connectivity index (χ2v) is 10.6. The highest BCUT2D eigenvalue weighted by molar-refractivity contribution is 9.10. The van der Waals surface area contributed by atoms with Crippen LogP contribution >= 0.6 is 39.1 Å². The molecule has 0 bridgehead atoms. The van der Waals surface area contributed by atoms with Gasteiger partial charge in [0.2, 0.25) is 6.23 Å². The van der Waals surface area contributed by atoms with Crippen LogP contribution in [-0.2, 0) is 11.2 Å². The maximum Gasteiger partial charge on any atom is 0.214 e. The van der Waals surface area contributed by atoms with E-state index < -0.39 is 0 Å². The van der Waals surface area contributed by atoms with E-state index >= 15 is 0 Å². The average Bonchev–Trinajstić information content (AvgIpc) is 3.32. The Hall–Kier alpha value is -1.95. The van der Waals surface area contributed by atoms with E-state index in [1.54, 1.807) is 6.08 Å². The Kier molecular flexibility index (Phi) is 6.62. The molecule has 2 aliphatic rings. The number of imidazole rings is 1. The molecule has 1 N–H and O–H groups in total. The summed E-state index contributed by atoms with van der Waals surface area (Å²) in [6, 6.07) is 8.19. The van der Waals surface area contributed by atoms with Crippen molar-refractivity contribution in [1.82, 2.24) is 14.9 Å². The summed E-state index contributed by atoms with van der Waals surface area (Å²) in [5.74, 6) is 0.773. The standard InChI is InChI=1S/C25H26BrCl2N3O/c1-5-20-22(24-29-21(14-32-24)25(2,3)4)30-23(18-8-6-7-16(27)13-19(18)28)31(20)17-11-9-15(26)10-12-17/h7-14,24,29H,5-6H2,1-4H3. The number of nitrogens with one attached hydrogen (secondary N) is 1. The predicted octanol–water partition coefficient (Wildman–Crippen LogP) is 7.74. The molecule has 4 nitrogen and oxygen atoms in total. The summed E-state index contributed by atoms with van der Waals surface area (Å²) < 4.78 is 9.23. The Morgan fingerprint density at radius 1 is 1.19 bits per heavy atom. The van der Waals surface area contributed by atoms with Crippen molar-refractivity contribution in [2.24, 2.45) is 5.41 Å². The monoisotopic (exact) mass is 533 g/mol. The Labute approximate surface area is 207 Å². The van der Waals surface area contributed by atoms with Gasteiger partial charge >= 0.3 is 0 Å². The quantitative estimate of drug-likeness (QED) is 0.436. The van der Waals surface area contributed by atoms with Gasteiger partial charge in [0.25, 0.3) is 0 Å². The first kappa shape index (κ1) is 23.2. The molecule has 0 saturated heterocycles. The van der Waals surface area contributed by atoms with Crippen molar-refractivity contribution in [2.75, 3.05) is 0 Å².